The van der Waals surface area contributed by atoms with Crippen molar-refractivity contribution < 1.29 is 0 Å². The Kier molecular flexibility index (Phi) is 10.9. The maximum absolute atomic E-state index is 2.84. The third kappa shape index (κ3) is 7.60. The summed E-state index contributed by atoms with van der Waals surface area (Å²) in [4.78, 5) is 8.14. The van der Waals surface area contributed by atoms with Gasteiger partial charge < -0.3 is 14.7 Å². The summed E-state index contributed by atoms with van der Waals surface area (Å²) < 4.78 is 0. The first-order chi connectivity index (χ1) is 34.8. The first-order valence-corrected chi connectivity index (χ1v) is 27.2. The van der Waals surface area contributed by atoms with Crippen LogP contribution in [0.2, 0.25) is 0 Å². The normalized spacial score (nSPS) is 19.2. The van der Waals surface area contributed by atoms with Crippen LogP contribution in [0.25, 0.3) is 22.3 Å². The lowest BCUT2D eigenvalue weighted by atomic mass is 9.33. The van der Waals surface area contributed by atoms with E-state index in [9.17, 15) is 0 Å². The summed E-state index contributed by atoms with van der Waals surface area (Å²) in [6.45, 7) is 26.4. The fourth-order valence-corrected chi connectivity index (χ4v) is 13.3. The molecule has 366 valence electrons. The van der Waals surface area contributed by atoms with Crippen molar-refractivity contribution in [1.29, 1.82) is 0 Å². The van der Waals surface area contributed by atoms with Gasteiger partial charge in [-0.05, 0) is 152 Å². The summed E-state index contributed by atoms with van der Waals surface area (Å²) in [5, 5.41) is 0. The molecule has 73 heavy (non-hydrogen) atoms. The van der Waals surface area contributed by atoms with Gasteiger partial charge in [-0.2, -0.15) is 0 Å². The van der Waals surface area contributed by atoms with Crippen LogP contribution in [0.1, 0.15) is 131 Å². The highest BCUT2D eigenvalue weighted by atomic mass is 15.3. The van der Waals surface area contributed by atoms with Gasteiger partial charge in [-0.1, -0.05) is 210 Å². The van der Waals surface area contributed by atoms with Crippen molar-refractivity contribution >= 4 is 68.6 Å². The van der Waals surface area contributed by atoms with Crippen LogP contribution in [-0.2, 0) is 21.7 Å². The maximum atomic E-state index is 2.84. The summed E-state index contributed by atoms with van der Waals surface area (Å²) >= 11 is 0. The molecule has 0 aromatic heterocycles. The van der Waals surface area contributed by atoms with Crippen molar-refractivity contribution in [1.82, 2.24) is 0 Å². The molecule has 1 fully saturated rings. The fraction of sp³-hybridized carbons (Fsp3) is 0.304. The Labute approximate surface area is 437 Å². The van der Waals surface area contributed by atoms with Crippen molar-refractivity contribution in [3.8, 4) is 22.3 Å². The molecule has 1 aliphatic carbocycles. The van der Waals surface area contributed by atoms with E-state index in [1.54, 1.807) is 0 Å². The summed E-state index contributed by atoms with van der Waals surface area (Å²) in [6.07, 6.45) is 6.02. The molecule has 0 saturated heterocycles. The Balaban J connectivity index is 1.22. The minimum absolute atomic E-state index is 0.0163. The SMILES string of the molecule is CC(C)(C)c1cccc(N2c3cc(C(C)(C)C)ccc3B3c4ccc(-c5ccccc5)cc4N(c4cccc(-c5ccccc5)c4)c4cc(N5c6ccc(C(C)(C)C)cc6C6(C)CCCCCC56C)cc2c43)c1. The van der Waals surface area contributed by atoms with E-state index < -0.39 is 0 Å². The van der Waals surface area contributed by atoms with E-state index in [4.69, 9.17) is 0 Å². The largest absolute Gasteiger partial charge is 0.334 e. The van der Waals surface area contributed by atoms with Gasteiger partial charge in [-0.3, -0.25) is 0 Å². The van der Waals surface area contributed by atoms with Crippen molar-refractivity contribution in [2.75, 3.05) is 14.7 Å². The molecule has 4 aliphatic rings. The molecule has 0 spiro atoms. The molecule has 0 amide bonds. The second-order valence-electron chi connectivity index (χ2n) is 25.4. The Morgan fingerprint density at radius 2 is 0.890 bits per heavy atom. The zero-order chi connectivity index (χ0) is 50.8. The smallest absolute Gasteiger partial charge is 0.252 e. The van der Waals surface area contributed by atoms with E-state index in [1.807, 2.05) is 0 Å². The molecule has 0 N–H and O–H groups in total. The summed E-state index contributed by atoms with van der Waals surface area (Å²) in [5.41, 5.74) is 24.1. The molecule has 8 aromatic rings. The number of hydrogen-bond donors (Lipinski definition) is 0. The van der Waals surface area contributed by atoms with Gasteiger partial charge in [0.05, 0.1) is 5.54 Å². The molecule has 0 radical (unpaired) electrons. The molecule has 8 aromatic carbocycles. The molecular formula is C69H72BN3. The van der Waals surface area contributed by atoms with E-state index in [0.717, 1.165) is 12.1 Å². The summed E-state index contributed by atoms with van der Waals surface area (Å²) in [7, 11) is 0. The number of fused-ring (bicyclic) bond motifs is 7. The average molecular weight is 954 g/mol. The highest BCUT2D eigenvalue weighted by Gasteiger charge is 2.57. The van der Waals surface area contributed by atoms with Crippen molar-refractivity contribution in [2.45, 2.75) is 135 Å². The van der Waals surface area contributed by atoms with Gasteiger partial charge in [0.1, 0.15) is 0 Å². The van der Waals surface area contributed by atoms with Gasteiger partial charge in [0.15, 0.2) is 0 Å². The molecule has 3 aliphatic heterocycles. The molecule has 2 atom stereocenters. The molecule has 2 unspecified atom stereocenters. The number of anilines is 8. The predicted molar refractivity (Wildman–Crippen MR) is 315 cm³/mol. The van der Waals surface area contributed by atoms with Crippen LogP contribution < -0.4 is 31.1 Å². The van der Waals surface area contributed by atoms with E-state index >= 15 is 0 Å². The number of benzene rings is 8. The molecule has 0 bridgehead atoms. The third-order valence-corrected chi connectivity index (χ3v) is 17.7. The highest BCUT2D eigenvalue weighted by molar-refractivity contribution is 7.00. The summed E-state index contributed by atoms with van der Waals surface area (Å²) in [5.74, 6) is 0. The fourth-order valence-electron chi connectivity index (χ4n) is 13.3. The Hall–Kier alpha value is -6.78. The Morgan fingerprint density at radius 1 is 0.384 bits per heavy atom. The molecule has 1 saturated carbocycles. The molecule has 4 heteroatoms. The maximum Gasteiger partial charge on any atom is 0.252 e. The van der Waals surface area contributed by atoms with Crippen LogP contribution in [0.5, 0.6) is 0 Å². The van der Waals surface area contributed by atoms with Gasteiger partial charge in [-0.15, -0.1) is 0 Å². The van der Waals surface area contributed by atoms with Crippen molar-refractivity contribution in [3.63, 3.8) is 0 Å². The van der Waals surface area contributed by atoms with Gasteiger partial charge in [-0.25, -0.2) is 0 Å². The van der Waals surface area contributed by atoms with Crippen LogP contribution in [0.3, 0.4) is 0 Å². The summed E-state index contributed by atoms with van der Waals surface area (Å²) in [6, 6.07) is 68.1. The van der Waals surface area contributed by atoms with E-state index in [0.29, 0.717) is 0 Å². The second-order valence-corrected chi connectivity index (χ2v) is 25.4. The quantitative estimate of drug-likeness (QED) is 0.159. The molecular weight excluding hydrogens is 882 g/mol. The number of rotatable bonds is 5. The number of hydrogen-bond acceptors (Lipinski definition) is 3. The topological polar surface area (TPSA) is 9.72 Å². The Morgan fingerprint density at radius 3 is 1.52 bits per heavy atom. The van der Waals surface area contributed by atoms with Gasteiger partial charge >= 0.3 is 0 Å². The third-order valence-electron chi connectivity index (χ3n) is 17.7. The van der Waals surface area contributed by atoms with E-state index in [-0.39, 0.29) is 33.9 Å². The number of nitrogens with zero attached hydrogens (tertiary/aromatic N) is 3. The monoisotopic (exact) mass is 954 g/mol. The Bertz CT molecular complexity index is 3440. The lowest BCUT2D eigenvalue weighted by Gasteiger charge is -2.48. The van der Waals surface area contributed by atoms with Crippen LogP contribution in [0, 0.1) is 0 Å². The van der Waals surface area contributed by atoms with Crippen LogP contribution in [0.15, 0.2) is 176 Å². The molecule has 3 nitrogen and oxygen atoms in total. The van der Waals surface area contributed by atoms with Gasteiger partial charge in [0, 0.05) is 50.9 Å². The lowest BCUT2D eigenvalue weighted by molar-refractivity contribution is 0.261. The minimum Gasteiger partial charge on any atom is -0.334 e. The minimum atomic E-state index is -0.170. The van der Waals surface area contributed by atoms with Crippen molar-refractivity contribution in [3.05, 3.63) is 198 Å². The first-order valence-electron chi connectivity index (χ1n) is 27.2. The molecule has 12 rings (SSSR count). The van der Waals surface area contributed by atoms with Gasteiger partial charge in [0.2, 0.25) is 0 Å². The standard InChI is InChI=1S/C69H72BN3/c1-65(2,3)50-28-22-30-54(41-50)72-61-43-52(67(7,8)9)32-35-58(61)70-57-34-31-49(47-25-17-13-18-26-47)40-60(57)71(53-29-21-27-48(39-53)46-23-15-12-16-24-46)62-44-55(45-63(72)64(62)70)73-59-36-33-51(66(4,5)6)42-56(59)68(10)37-19-14-20-38-69(68,73)11/h12-13,15-18,21-36,39-45H,14,19-20,37-38H2,1-11H3. The highest BCUT2D eigenvalue weighted by Crippen LogP contribution is 2.61. The zero-order valence-electron chi connectivity index (χ0n) is 45.2. The van der Waals surface area contributed by atoms with Crippen LogP contribution in [0.4, 0.5) is 45.5 Å². The average Bonchev–Trinajstić information content (AvgIpc) is 3.44. The lowest BCUT2D eigenvalue weighted by Crippen LogP contribution is -2.61. The zero-order valence-corrected chi connectivity index (χ0v) is 45.2. The van der Waals surface area contributed by atoms with E-state index in [2.05, 4.69) is 267 Å². The predicted octanol–water partition coefficient (Wildman–Crippen LogP) is 17.1. The van der Waals surface area contributed by atoms with Gasteiger partial charge in [0.25, 0.3) is 6.71 Å². The van der Waals surface area contributed by atoms with Crippen LogP contribution in [-0.4, -0.2) is 12.3 Å². The van der Waals surface area contributed by atoms with Crippen LogP contribution >= 0.6 is 0 Å². The van der Waals surface area contributed by atoms with E-state index in [1.165, 1.54) is 126 Å². The first kappa shape index (κ1) is 47.2. The second kappa shape index (κ2) is 16.9. The van der Waals surface area contributed by atoms with Crippen molar-refractivity contribution in [2.24, 2.45) is 0 Å². The molecule has 3 heterocycles.